The van der Waals surface area contributed by atoms with Crippen molar-refractivity contribution in [3.8, 4) is 17.4 Å². The van der Waals surface area contributed by atoms with Crippen LogP contribution >= 0.6 is 0 Å². The lowest BCUT2D eigenvalue weighted by atomic mass is 10.1. The van der Waals surface area contributed by atoms with Crippen LogP contribution in [0.3, 0.4) is 0 Å². The largest absolute Gasteiger partial charge is 0.432 e. The predicted octanol–water partition coefficient (Wildman–Crippen LogP) is 3.14. The van der Waals surface area contributed by atoms with Gasteiger partial charge in [0, 0.05) is 36.6 Å². The van der Waals surface area contributed by atoms with Crippen LogP contribution in [0.15, 0.2) is 49.3 Å². The molecule has 0 aromatic carbocycles. The van der Waals surface area contributed by atoms with Gasteiger partial charge in [0.15, 0.2) is 17.4 Å². The molecule has 0 bridgehead atoms. The molecule has 1 amide bonds. The lowest BCUT2D eigenvalue weighted by molar-refractivity contribution is 0.149. The number of aryl methyl sites for hydroxylation is 1. The quantitative estimate of drug-likeness (QED) is 0.537. The van der Waals surface area contributed by atoms with Crippen molar-refractivity contribution in [2.24, 2.45) is 0 Å². The fraction of sp³-hybridized carbons (Fsp3) is 0.158. The summed E-state index contributed by atoms with van der Waals surface area (Å²) in [6.07, 6.45) is 5.05. The van der Waals surface area contributed by atoms with E-state index in [4.69, 9.17) is 4.74 Å². The van der Waals surface area contributed by atoms with E-state index in [1.807, 2.05) is 0 Å². The Bertz CT molecular complexity index is 1200. The summed E-state index contributed by atoms with van der Waals surface area (Å²) in [5.74, 6) is 0.768. The van der Waals surface area contributed by atoms with Gasteiger partial charge in [-0.05, 0) is 24.6 Å². The van der Waals surface area contributed by atoms with Crippen LogP contribution in [-0.4, -0.2) is 42.1 Å². The van der Waals surface area contributed by atoms with E-state index < -0.39 is 18.9 Å². The molecule has 4 heterocycles. The van der Waals surface area contributed by atoms with Gasteiger partial charge in [-0.2, -0.15) is 0 Å². The van der Waals surface area contributed by atoms with Crippen molar-refractivity contribution >= 4 is 17.0 Å². The first-order valence-corrected chi connectivity index (χ1v) is 8.83. The standard InChI is InChI=1S/C19H15F2N7O2/c1-11-15(9-25-18(26-11)17-23-4-2-5-24-17)30-19(29)27-28-10-12(7-16(20)21)13-3-6-22-8-14(13)28/h2-6,8-10,16H,7H2,1H3,(H,27,29). The van der Waals surface area contributed by atoms with Gasteiger partial charge in [0.2, 0.25) is 6.43 Å². The molecule has 0 saturated carbocycles. The summed E-state index contributed by atoms with van der Waals surface area (Å²) >= 11 is 0. The van der Waals surface area contributed by atoms with Crippen LogP contribution in [0.1, 0.15) is 11.3 Å². The molecular weight excluding hydrogens is 396 g/mol. The molecule has 9 nitrogen and oxygen atoms in total. The summed E-state index contributed by atoms with van der Waals surface area (Å²) in [4.78, 5) is 32.8. The second-order valence-corrected chi connectivity index (χ2v) is 6.23. The van der Waals surface area contributed by atoms with Gasteiger partial charge in [0.1, 0.15) is 0 Å². The van der Waals surface area contributed by atoms with Crippen LogP contribution in [0.5, 0.6) is 5.75 Å². The van der Waals surface area contributed by atoms with Gasteiger partial charge in [-0.25, -0.2) is 38.9 Å². The van der Waals surface area contributed by atoms with E-state index in [9.17, 15) is 13.6 Å². The van der Waals surface area contributed by atoms with Gasteiger partial charge in [0.05, 0.1) is 23.6 Å². The Morgan fingerprint density at radius 2 is 1.97 bits per heavy atom. The molecule has 4 rings (SSSR count). The molecule has 0 aliphatic carbocycles. The van der Waals surface area contributed by atoms with E-state index in [-0.39, 0.29) is 5.75 Å². The van der Waals surface area contributed by atoms with Gasteiger partial charge in [-0.3, -0.25) is 9.66 Å². The predicted molar refractivity (Wildman–Crippen MR) is 103 cm³/mol. The fourth-order valence-corrected chi connectivity index (χ4v) is 2.87. The minimum atomic E-state index is -2.52. The second-order valence-electron chi connectivity index (χ2n) is 6.23. The molecule has 0 fully saturated rings. The number of amides is 1. The van der Waals surface area contributed by atoms with Crippen LogP contribution in [0.25, 0.3) is 22.6 Å². The molecule has 1 N–H and O–H groups in total. The van der Waals surface area contributed by atoms with E-state index in [1.54, 1.807) is 31.5 Å². The molecule has 0 spiro atoms. The minimum absolute atomic E-state index is 0.134. The Labute approximate surface area is 168 Å². The number of carbonyl (C=O) groups is 1. The summed E-state index contributed by atoms with van der Waals surface area (Å²) in [6, 6.07) is 3.28. The van der Waals surface area contributed by atoms with E-state index in [0.29, 0.717) is 33.8 Å². The highest BCUT2D eigenvalue weighted by atomic mass is 19.3. The SMILES string of the molecule is Cc1nc(-c2ncccn2)ncc1OC(=O)Nn1cc(CC(F)F)c2ccncc21. The molecule has 11 heteroatoms. The zero-order chi connectivity index (χ0) is 21.1. The number of carbonyl (C=O) groups excluding carboxylic acids is 1. The van der Waals surface area contributed by atoms with Crippen LogP contribution in [0.4, 0.5) is 13.6 Å². The molecule has 0 radical (unpaired) electrons. The molecule has 152 valence electrons. The average Bonchev–Trinajstić information content (AvgIpc) is 3.07. The average molecular weight is 411 g/mol. The van der Waals surface area contributed by atoms with Crippen LogP contribution < -0.4 is 10.2 Å². The fourth-order valence-electron chi connectivity index (χ4n) is 2.87. The van der Waals surface area contributed by atoms with Crippen molar-refractivity contribution in [3.05, 3.63) is 60.6 Å². The number of hydrogen-bond donors (Lipinski definition) is 1. The topological polar surface area (TPSA) is 108 Å². The first-order chi connectivity index (χ1) is 14.5. The number of fused-ring (bicyclic) bond motifs is 1. The first kappa shape index (κ1) is 19.3. The van der Waals surface area contributed by atoms with E-state index in [1.165, 1.54) is 29.5 Å². The maximum absolute atomic E-state index is 12.8. The molecule has 0 unspecified atom stereocenters. The van der Waals surface area contributed by atoms with Crippen molar-refractivity contribution in [1.29, 1.82) is 0 Å². The number of rotatable bonds is 5. The number of hydrogen-bond acceptors (Lipinski definition) is 7. The van der Waals surface area contributed by atoms with E-state index in [0.717, 1.165) is 0 Å². The monoisotopic (exact) mass is 411 g/mol. The number of nitrogens with one attached hydrogen (secondary N) is 1. The smallest absolute Gasteiger partial charge is 0.406 e. The normalized spacial score (nSPS) is 11.1. The molecule has 0 aliphatic heterocycles. The highest BCUT2D eigenvalue weighted by molar-refractivity contribution is 5.87. The van der Waals surface area contributed by atoms with Gasteiger partial charge in [-0.1, -0.05) is 0 Å². The van der Waals surface area contributed by atoms with Crippen molar-refractivity contribution in [3.63, 3.8) is 0 Å². The van der Waals surface area contributed by atoms with Crippen molar-refractivity contribution < 1.29 is 18.3 Å². The molecule has 4 aromatic heterocycles. The lowest BCUT2D eigenvalue weighted by Gasteiger charge is -2.10. The van der Waals surface area contributed by atoms with E-state index >= 15 is 0 Å². The number of alkyl halides is 2. The minimum Gasteiger partial charge on any atom is -0.406 e. The molecular formula is C19H15F2N7O2. The zero-order valence-corrected chi connectivity index (χ0v) is 15.7. The highest BCUT2D eigenvalue weighted by Gasteiger charge is 2.16. The first-order valence-electron chi connectivity index (χ1n) is 8.83. The number of halogens is 2. The maximum atomic E-state index is 12.8. The third-order valence-electron chi connectivity index (χ3n) is 4.18. The van der Waals surface area contributed by atoms with Crippen LogP contribution in [0.2, 0.25) is 0 Å². The third-order valence-corrected chi connectivity index (χ3v) is 4.18. The molecule has 30 heavy (non-hydrogen) atoms. The van der Waals surface area contributed by atoms with Gasteiger partial charge in [0.25, 0.3) is 0 Å². The van der Waals surface area contributed by atoms with Crippen LogP contribution in [-0.2, 0) is 6.42 Å². The van der Waals surface area contributed by atoms with Crippen molar-refractivity contribution in [2.75, 3.05) is 5.43 Å². The van der Waals surface area contributed by atoms with E-state index in [2.05, 4.69) is 30.3 Å². The Kier molecular flexibility index (Phi) is 5.24. The summed E-state index contributed by atoms with van der Waals surface area (Å²) in [5, 5.41) is 0.567. The number of nitrogens with zero attached hydrogens (tertiary/aromatic N) is 6. The highest BCUT2D eigenvalue weighted by Crippen LogP contribution is 2.22. The Balaban J connectivity index is 1.53. The second kappa shape index (κ2) is 8.15. The summed E-state index contributed by atoms with van der Waals surface area (Å²) in [6.45, 7) is 1.65. The summed E-state index contributed by atoms with van der Waals surface area (Å²) < 4.78 is 32.3. The maximum Gasteiger partial charge on any atom is 0.432 e. The molecule has 0 atom stereocenters. The van der Waals surface area contributed by atoms with Crippen LogP contribution in [0, 0.1) is 6.92 Å². The molecule has 4 aromatic rings. The molecule has 0 aliphatic rings. The third kappa shape index (κ3) is 4.04. The van der Waals surface area contributed by atoms with Gasteiger partial charge < -0.3 is 4.74 Å². The van der Waals surface area contributed by atoms with Crippen molar-refractivity contribution in [1.82, 2.24) is 29.6 Å². The Morgan fingerprint density at radius 3 is 2.70 bits per heavy atom. The Morgan fingerprint density at radius 1 is 1.17 bits per heavy atom. The lowest BCUT2D eigenvalue weighted by Crippen LogP contribution is -2.25. The summed E-state index contributed by atoms with van der Waals surface area (Å²) in [5.41, 5.74) is 3.74. The van der Waals surface area contributed by atoms with Gasteiger partial charge in [-0.15, -0.1) is 0 Å². The number of pyridine rings is 1. The summed E-state index contributed by atoms with van der Waals surface area (Å²) in [7, 11) is 0. The van der Waals surface area contributed by atoms with Gasteiger partial charge >= 0.3 is 6.09 Å². The molecule has 0 saturated heterocycles. The van der Waals surface area contributed by atoms with Crippen molar-refractivity contribution in [2.45, 2.75) is 19.8 Å². The number of aromatic nitrogens is 6. The number of ether oxygens (including phenoxy) is 1. The Hall–Kier alpha value is -4.02. The zero-order valence-electron chi connectivity index (χ0n) is 15.7.